The van der Waals surface area contributed by atoms with Crippen molar-refractivity contribution >= 4 is 5.91 Å². The summed E-state index contributed by atoms with van der Waals surface area (Å²) in [5, 5.41) is 7.12. The number of carbonyl (C=O) groups excluding carboxylic acids is 1. The Hall–Kier alpha value is -2.34. The van der Waals surface area contributed by atoms with Crippen molar-refractivity contribution in [2.75, 3.05) is 13.2 Å². The number of nitrogens with one attached hydrogen (secondary N) is 1. The zero-order chi connectivity index (χ0) is 16.9. The van der Waals surface area contributed by atoms with E-state index in [0.717, 1.165) is 29.7 Å². The topological polar surface area (TPSA) is 65.4 Å². The highest BCUT2D eigenvalue weighted by atomic mass is 16.5. The quantitative estimate of drug-likeness (QED) is 0.882. The van der Waals surface area contributed by atoms with Gasteiger partial charge in [-0.15, -0.1) is 0 Å². The zero-order valence-electron chi connectivity index (χ0n) is 14.1. The molecular weight excluding hydrogens is 306 g/mol. The summed E-state index contributed by atoms with van der Waals surface area (Å²) in [6.45, 7) is 3.01. The molecule has 1 aromatic carbocycles. The fourth-order valence-electron chi connectivity index (χ4n) is 2.72. The van der Waals surface area contributed by atoms with Crippen LogP contribution in [0.1, 0.15) is 19.8 Å². The molecule has 2 aromatic rings. The van der Waals surface area contributed by atoms with Crippen molar-refractivity contribution in [3.63, 3.8) is 0 Å². The molecule has 0 bridgehead atoms. The van der Waals surface area contributed by atoms with Gasteiger partial charge in [0.05, 0.1) is 12.2 Å². The maximum Gasteiger partial charge on any atom is 0.249 e. The van der Waals surface area contributed by atoms with Gasteiger partial charge in [0.25, 0.3) is 0 Å². The van der Waals surface area contributed by atoms with E-state index < -0.39 is 0 Å². The predicted molar refractivity (Wildman–Crippen MR) is 90.7 cm³/mol. The Bertz CT molecular complexity index is 692. The fourth-order valence-corrected chi connectivity index (χ4v) is 2.72. The molecule has 0 unspecified atom stereocenters. The number of benzene rings is 1. The molecule has 24 heavy (non-hydrogen) atoms. The van der Waals surface area contributed by atoms with Gasteiger partial charge in [0.15, 0.2) is 0 Å². The van der Waals surface area contributed by atoms with Gasteiger partial charge < -0.3 is 14.8 Å². The predicted octanol–water partition coefficient (Wildman–Crippen LogP) is 2.15. The number of aromatic nitrogens is 2. The van der Waals surface area contributed by atoms with Crippen molar-refractivity contribution in [2.24, 2.45) is 7.05 Å². The highest BCUT2D eigenvalue weighted by Crippen LogP contribution is 2.23. The number of rotatable bonds is 6. The maximum atomic E-state index is 12.0. The zero-order valence-corrected chi connectivity index (χ0v) is 14.1. The van der Waals surface area contributed by atoms with Gasteiger partial charge in [-0.25, -0.2) is 0 Å². The number of hydrogen-bond acceptors (Lipinski definition) is 4. The molecule has 6 heteroatoms. The molecule has 0 aliphatic carbocycles. The summed E-state index contributed by atoms with van der Waals surface area (Å²) in [5.74, 6) is 0.724. The van der Waals surface area contributed by atoms with E-state index in [2.05, 4.69) is 10.4 Å². The molecule has 128 valence electrons. The molecule has 1 fully saturated rings. The van der Waals surface area contributed by atoms with E-state index in [0.29, 0.717) is 13.2 Å². The lowest BCUT2D eigenvalue weighted by Crippen LogP contribution is -2.42. The molecule has 1 amide bonds. The summed E-state index contributed by atoms with van der Waals surface area (Å²) in [6.07, 6.45) is 5.23. The standard InChI is InChI=1S/C18H23N3O3/c1-13(20-18(22)17-7-4-8-23-17)12-24-16-6-3-5-14(9-16)15-10-19-21(2)11-15/h3,5-6,9-11,13,17H,4,7-8,12H2,1-2H3,(H,20,22)/t13-,17-/m1/s1. The Balaban J connectivity index is 1.53. The Morgan fingerprint density at radius 3 is 3.08 bits per heavy atom. The minimum atomic E-state index is -0.304. The van der Waals surface area contributed by atoms with Gasteiger partial charge in [-0.1, -0.05) is 12.1 Å². The van der Waals surface area contributed by atoms with Crippen molar-refractivity contribution in [2.45, 2.75) is 31.9 Å². The fraction of sp³-hybridized carbons (Fsp3) is 0.444. The number of aryl methyl sites for hydroxylation is 1. The van der Waals surface area contributed by atoms with Crippen LogP contribution in [-0.4, -0.2) is 41.0 Å². The summed E-state index contributed by atoms with van der Waals surface area (Å²) in [7, 11) is 1.89. The van der Waals surface area contributed by atoms with Gasteiger partial charge >= 0.3 is 0 Å². The van der Waals surface area contributed by atoms with Crippen LogP contribution in [0, 0.1) is 0 Å². The SMILES string of the molecule is C[C@H](COc1cccc(-c2cnn(C)c2)c1)NC(=O)[C@H]1CCCO1. The minimum Gasteiger partial charge on any atom is -0.491 e. The van der Waals surface area contributed by atoms with Crippen molar-refractivity contribution < 1.29 is 14.3 Å². The van der Waals surface area contributed by atoms with Gasteiger partial charge in [-0.05, 0) is 37.5 Å². The van der Waals surface area contributed by atoms with Gasteiger partial charge in [0, 0.05) is 25.4 Å². The molecule has 3 rings (SSSR count). The Morgan fingerprint density at radius 1 is 1.50 bits per heavy atom. The molecule has 1 aromatic heterocycles. The van der Waals surface area contributed by atoms with Gasteiger partial charge in [-0.3, -0.25) is 9.48 Å². The Labute approximate surface area is 141 Å². The minimum absolute atomic E-state index is 0.0484. The van der Waals surface area contributed by atoms with E-state index in [1.54, 1.807) is 4.68 Å². The lowest BCUT2D eigenvalue weighted by molar-refractivity contribution is -0.130. The maximum absolute atomic E-state index is 12.0. The van der Waals surface area contributed by atoms with Crippen LogP contribution in [0.15, 0.2) is 36.7 Å². The van der Waals surface area contributed by atoms with Crippen molar-refractivity contribution in [1.82, 2.24) is 15.1 Å². The van der Waals surface area contributed by atoms with Crippen LogP contribution < -0.4 is 10.1 Å². The Kier molecular flexibility index (Phi) is 5.15. The molecule has 0 spiro atoms. The van der Waals surface area contributed by atoms with E-state index in [1.165, 1.54) is 0 Å². The molecule has 0 radical (unpaired) electrons. The lowest BCUT2D eigenvalue weighted by Gasteiger charge is -2.17. The van der Waals surface area contributed by atoms with E-state index in [9.17, 15) is 4.79 Å². The molecule has 1 N–H and O–H groups in total. The van der Waals surface area contributed by atoms with Gasteiger partial charge in [0.2, 0.25) is 5.91 Å². The molecule has 6 nitrogen and oxygen atoms in total. The van der Waals surface area contributed by atoms with Crippen LogP contribution in [-0.2, 0) is 16.6 Å². The van der Waals surface area contributed by atoms with E-state index in [1.807, 2.05) is 50.6 Å². The number of nitrogens with zero attached hydrogens (tertiary/aromatic N) is 2. The third-order valence-electron chi connectivity index (χ3n) is 3.98. The van der Waals surface area contributed by atoms with Crippen LogP contribution in [0.4, 0.5) is 0 Å². The van der Waals surface area contributed by atoms with E-state index in [4.69, 9.17) is 9.47 Å². The average molecular weight is 329 g/mol. The lowest BCUT2D eigenvalue weighted by atomic mass is 10.1. The number of hydrogen-bond donors (Lipinski definition) is 1. The highest BCUT2D eigenvalue weighted by molar-refractivity contribution is 5.81. The molecule has 2 heterocycles. The molecule has 2 atom stereocenters. The second kappa shape index (κ2) is 7.49. The second-order valence-corrected chi connectivity index (χ2v) is 6.15. The smallest absolute Gasteiger partial charge is 0.249 e. The van der Waals surface area contributed by atoms with Crippen LogP contribution in [0.25, 0.3) is 11.1 Å². The highest BCUT2D eigenvalue weighted by Gasteiger charge is 2.24. The summed E-state index contributed by atoms with van der Waals surface area (Å²) in [6, 6.07) is 7.78. The first-order chi connectivity index (χ1) is 11.6. The van der Waals surface area contributed by atoms with Crippen LogP contribution in [0.5, 0.6) is 5.75 Å². The van der Waals surface area contributed by atoms with E-state index >= 15 is 0 Å². The molecule has 0 saturated carbocycles. The number of ether oxygens (including phenoxy) is 2. The molecular formula is C18H23N3O3. The van der Waals surface area contributed by atoms with Crippen LogP contribution >= 0.6 is 0 Å². The van der Waals surface area contributed by atoms with Crippen LogP contribution in [0.2, 0.25) is 0 Å². The first-order valence-electron chi connectivity index (χ1n) is 8.25. The Morgan fingerprint density at radius 2 is 2.38 bits per heavy atom. The summed E-state index contributed by atoms with van der Waals surface area (Å²) in [5.41, 5.74) is 2.10. The normalized spacial score (nSPS) is 18.3. The van der Waals surface area contributed by atoms with E-state index in [-0.39, 0.29) is 18.1 Å². The first kappa shape index (κ1) is 16.5. The molecule has 1 aliphatic rings. The average Bonchev–Trinajstić information content (AvgIpc) is 3.25. The van der Waals surface area contributed by atoms with Crippen molar-refractivity contribution in [3.05, 3.63) is 36.7 Å². The second-order valence-electron chi connectivity index (χ2n) is 6.15. The van der Waals surface area contributed by atoms with Crippen LogP contribution in [0.3, 0.4) is 0 Å². The summed E-state index contributed by atoms with van der Waals surface area (Å²) < 4.78 is 13.0. The summed E-state index contributed by atoms with van der Waals surface area (Å²) >= 11 is 0. The third-order valence-corrected chi connectivity index (χ3v) is 3.98. The summed E-state index contributed by atoms with van der Waals surface area (Å²) in [4.78, 5) is 12.0. The monoisotopic (exact) mass is 329 g/mol. The van der Waals surface area contributed by atoms with Crippen molar-refractivity contribution in [3.8, 4) is 16.9 Å². The number of carbonyl (C=O) groups is 1. The third kappa shape index (κ3) is 4.14. The van der Waals surface area contributed by atoms with Gasteiger partial charge in [-0.2, -0.15) is 5.10 Å². The first-order valence-corrected chi connectivity index (χ1v) is 8.25. The molecule has 1 saturated heterocycles. The van der Waals surface area contributed by atoms with Crippen molar-refractivity contribution in [1.29, 1.82) is 0 Å². The number of amides is 1. The largest absolute Gasteiger partial charge is 0.491 e. The molecule has 1 aliphatic heterocycles. The van der Waals surface area contributed by atoms with Gasteiger partial charge in [0.1, 0.15) is 18.5 Å².